The van der Waals surface area contributed by atoms with E-state index in [2.05, 4.69) is 29.0 Å². The van der Waals surface area contributed by atoms with Crippen molar-refractivity contribution in [3.63, 3.8) is 0 Å². The number of hydrogen-bond acceptors (Lipinski definition) is 5. The van der Waals surface area contributed by atoms with E-state index in [1.54, 1.807) is 10.6 Å². The zero-order chi connectivity index (χ0) is 21.0. The monoisotopic (exact) mass is 432 g/mol. The van der Waals surface area contributed by atoms with Crippen molar-refractivity contribution in [1.29, 1.82) is 5.41 Å². The number of nitrogens with zero attached hydrogens (tertiary/aromatic N) is 4. The molecule has 2 N–H and O–H groups in total. The number of H-pyrrole nitrogens is 1. The summed E-state index contributed by atoms with van der Waals surface area (Å²) in [5.41, 5.74) is 2.12. The number of fused-ring (bicyclic) bond motifs is 1. The molecule has 0 radical (unpaired) electrons. The fraction of sp³-hybridized carbons (Fsp3) is 0.400. The summed E-state index contributed by atoms with van der Waals surface area (Å²) in [6.07, 6.45) is 1.84. The van der Waals surface area contributed by atoms with Crippen molar-refractivity contribution in [3.05, 3.63) is 40.5 Å². The van der Waals surface area contributed by atoms with Crippen LogP contribution in [0.3, 0.4) is 0 Å². The molecule has 9 heteroatoms. The zero-order valence-corrected chi connectivity index (χ0v) is 18.4. The Balaban J connectivity index is 2.03. The number of halogens is 1. The van der Waals surface area contributed by atoms with Crippen LogP contribution in [0.1, 0.15) is 32.4 Å². The second-order valence-corrected chi connectivity index (χ2v) is 8.10. The van der Waals surface area contributed by atoms with Crippen LogP contribution in [0.4, 0.5) is 0 Å². The Morgan fingerprint density at radius 2 is 1.97 bits per heavy atom. The molecule has 1 aromatic carbocycles. The quantitative estimate of drug-likeness (QED) is 0.416. The third-order valence-corrected chi connectivity index (χ3v) is 5.78. The average molecular weight is 433 g/mol. The lowest BCUT2D eigenvalue weighted by Gasteiger charge is -2.21. The maximum absolute atomic E-state index is 12.7. The lowest BCUT2D eigenvalue weighted by molar-refractivity contribution is -0.128. The van der Waals surface area contributed by atoms with Crippen LogP contribution in [0.5, 0.6) is 0 Å². The number of rotatable bonds is 8. The fourth-order valence-corrected chi connectivity index (χ4v) is 4.33. The van der Waals surface area contributed by atoms with Crippen LogP contribution in [-0.2, 0) is 4.79 Å². The molecule has 0 atom stereocenters. The third-order valence-electron chi connectivity index (χ3n) is 4.54. The Morgan fingerprint density at radius 3 is 2.62 bits per heavy atom. The number of thioether (sulfide) groups is 1. The van der Waals surface area contributed by atoms with E-state index < -0.39 is 0 Å². The summed E-state index contributed by atoms with van der Waals surface area (Å²) in [6.45, 7) is 7.47. The van der Waals surface area contributed by atoms with Gasteiger partial charge < -0.3 is 4.90 Å². The number of amides is 1. The molecule has 29 heavy (non-hydrogen) atoms. The first-order chi connectivity index (χ1) is 14.0. The molecule has 154 valence electrons. The Labute approximate surface area is 179 Å². The first-order valence-electron chi connectivity index (χ1n) is 9.65. The van der Waals surface area contributed by atoms with Crippen molar-refractivity contribution in [3.8, 4) is 5.69 Å². The summed E-state index contributed by atoms with van der Waals surface area (Å²) in [5, 5.41) is 17.5. The summed E-state index contributed by atoms with van der Waals surface area (Å²) >= 11 is 7.73. The molecular formula is C20H25ClN6OS. The van der Waals surface area contributed by atoms with Gasteiger partial charge in [0.1, 0.15) is 5.49 Å². The van der Waals surface area contributed by atoms with E-state index >= 15 is 0 Å². The maximum atomic E-state index is 12.7. The minimum Gasteiger partial charge on any atom is -0.342 e. The summed E-state index contributed by atoms with van der Waals surface area (Å²) in [4.78, 5) is 19.2. The van der Waals surface area contributed by atoms with Gasteiger partial charge in [-0.15, -0.1) is 0 Å². The molecule has 3 aromatic rings. The van der Waals surface area contributed by atoms with Crippen molar-refractivity contribution in [2.75, 3.05) is 18.8 Å². The molecule has 2 heterocycles. The van der Waals surface area contributed by atoms with E-state index in [9.17, 15) is 4.79 Å². The highest BCUT2D eigenvalue weighted by atomic mass is 35.5. The first kappa shape index (κ1) is 21.4. The van der Waals surface area contributed by atoms with Crippen molar-refractivity contribution in [1.82, 2.24) is 24.6 Å². The molecule has 0 aliphatic heterocycles. The molecule has 0 unspecified atom stereocenters. The standard InChI is InChI=1S/C20H25ClN6OS/c1-4-10-26(11-5-2)16(28)12-29-20-23-19-17(13(3)24-25-19)18(22)27(20)15-9-7-6-8-14(15)21/h6-9,22H,4-5,10-12H2,1-3H3,(H,24,25). The van der Waals surface area contributed by atoms with Crippen molar-refractivity contribution < 1.29 is 4.79 Å². The van der Waals surface area contributed by atoms with Crippen LogP contribution in [0.25, 0.3) is 16.7 Å². The van der Waals surface area contributed by atoms with Gasteiger partial charge in [-0.25, -0.2) is 4.98 Å². The molecule has 2 aromatic heterocycles. The molecule has 0 fully saturated rings. The van der Waals surface area contributed by atoms with Gasteiger partial charge in [-0.3, -0.25) is 19.9 Å². The first-order valence-corrected chi connectivity index (χ1v) is 11.0. The van der Waals surface area contributed by atoms with Gasteiger partial charge in [0.05, 0.1) is 21.8 Å². The largest absolute Gasteiger partial charge is 0.342 e. The number of aryl methyl sites for hydroxylation is 1. The Hall–Kier alpha value is -2.32. The number of benzene rings is 1. The minimum atomic E-state index is 0.0658. The predicted octanol–water partition coefficient (Wildman–Crippen LogP) is 3.93. The minimum absolute atomic E-state index is 0.0658. The summed E-state index contributed by atoms with van der Waals surface area (Å²) in [5.74, 6) is 0.308. The molecule has 0 saturated heterocycles. The Morgan fingerprint density at radius 1 is 1.28 bits per heavy atom. The molecule has 0 saturated carbocycles. The van der Waals surface area contributed by atoms with Crippen LogP contribution >= 0.6 is 23.4 Å². The lowest BCUT2D eigenvalue weighted by atomic mass is 10.3. The summed E-state index contributed by atoms with van der Waals surface area (Å²) < 4.78 is 1.69. The maximum Gasteiger partial charge on any atom is 0.233 e. The van der Waals surface area contributed by atoms with Crippen LogP contribution in [-0.4, -0.2) is 49.4 Å². The normalized spacial score (nSPS) is 11.2. The number of hydrogen-bond donors (Lipinski definition) is 2. The Kier molecular flexibility index (Phi) is 6.97. The van der Waals surface area contributed by atoms with Crippen LogP contribution < -0.4 is 5.49 Å². The van der Waals surface area contributed by atoms with Crippen molar-refractivity contribution >= 4 is 40.3 Å². The Bertz CT molecular complexity index is 1070. The number of aromatic nitrogens is 4. The molecule has 1 amide bonds. The van der Waals surface area contributed by atoms with Gasteiger partial charge >= 0.3 is 0 Å². The molecule has 0 spiro atoms. The molecule has 0 bridgehead atoms. The molecule has 0 aliphatic rings. The number of carbonyl (C=O) groups is 1. The fourth-order valence-electron chi connectivity index (χ4n) is 3.20. The number of carbonyl (C=O) groups excluding carboxylic acids is 1. The van der Waals surface area contributed by atoms with Gasteiger partial charge in [0.15, 0.2) is 10.8 Å². The van der Waals surface area contributed by atoms with E-state index in [0.29, 0.717) is 26.9 Å². The van der Waals surface area contributed by atoms with Crippen molar-refractivity contribution in [2.45, 2.75) is 38.8 Å². The van der Waals surface area contributed by atoms with Crippen LogP contribution in [0.15, 0.2) is 29.4 Å². The molecule has 3 rings (SSSR count). The predicted molar refractivity (Wildman–Crippen MR) is 117 cm³/mol. The zero-order valence-electron chi connectivity index (χ0n) is 16.8. The smallest absolute Gasteiger partial charge is 0.233 e. The van der Waals surface area contributed by atoms with E-state index in [1.165, 1.54) is 11.8 Å². The van der Waals surface area contributed by atoms with Gasteiger partial charge in [-0.05, 0) is 31.9 Å². The van der Waals surface area contributed by atoms with E-state index in [0.717, 1.165) is 31.6 Å². The SMILES string of the molecule is CCCN(CCC)C(=O)CSc1nc2n[nH]c(C)c2c(=N)n1-c1ccccc1Cl. The van der Waals surface area contributed by atoms with Gasteiger partial charge in [0.25, 0.3) is 0 Å². The van der Waals surface area contributed by atoms with E-state index in [-0.39, 0.29) is 17.1 Å². The number of para-hydroxylation sites is 1. The third kappa shape index (κ3) is 4.48. The topological polar surface area (TPSA) is 90.7 Å². The summed E-state index contributed by atoms with van der Waals surface area (Å²) in [6, 6.07) is 7.33. The molecule has 7 nitrogen and oxygen atoms in total. The number of nitrogens with one attached hydrogen (secondary N) is 2. The highest BCUT2D eigenvalue weighted by Crippen LogP contribution is 2.26. The highest BCUT2D eigenvalue weighted by molar-refractivity contribution is 7.99. The van der Waals surface area contributed by atoms with Crippen LogP contribution in [0.2, 0.25) is 5.02 Å². The van der Waals surface area contributed by atoms with E-state index in [4.69, 9.17) is 17.0 Å². The van der Waals surface area contributed by atoms with Gasteiger partial charge in [-0.1, -0.05) is 49.3 Å². The van der Waals surface area contributed by atoms with Crippen molar-refractivity contribution in [2.24, 2.45) is 0 Å². The van der Waals surface area contributed by atoms with Gasteiger partial charge in [-0.2, -0.15) is 5.10 Å². The van der Waals surface area contributed by atoms with Gasteiger partial charge in [0.2, 0.25) is 5.91 Å². The average Bonchev–Trinajstić information content (AvgIpc) is 3.08. The molecular weight excluding hydrogens is 408 g/mol. The molecule has 0 aliphatic carbocycles. The lowest BCUT2D eigenvalue weighted by Crippen LogP contribution is -2.34. The van der Waals surface area contributed by atoms with E-state index in [1.807, 2.05) is 30.0 Å². The second-order valence-electron chi connectivity index (χ2n) is 6.75. The van der Waals surface area contributed by atoms with Gasteiger partial charge in [0, 0.05) is 18.8 Å². The second kappa shape index (κ2) is 9.45. The van der Waals surface area contributed by atoms with Crippen LogP contribution in [0, 0.1) is 12.3 Å². The number of aromatic amines is 1. The summed E-state index contributed by atoms with van der Waals surface area (Å²) in [7, 11) is 0. The highest BCUT2D eigenvalue weighted by Gasteiger charge is 2.19.